The highest BCUT2D eigenvalue weighted by Crippen LogP contribution is 2.28. The Kier molecular flexibility index (Phi) is 3.13. The van der Waals surface area contributed by atoms with Crippen molar-refractivity contribution in [1.29, 1.82) is 0 Å². The average molecular weight is 209 g/mol. The standard InChI is InChI=1S/C9H17F2NO2/c1-8(2,3)14-4-7(13)12-5-9(10,11)6-12/h7,13H,4-6H2,1-3H3. The second-order valence-electron chi connectivity index (χ2n) is 4.66. The number of likely N-dealkylation sites (tertiary alicyclic amines) is 1. The van der Waals surface area contributed by atoms with Crippen LogP contribution in [0.2, 0.25) is 0 Å². The van der Waals surface area contributed by atoms with E-state index in [1.165, 1.54) is 4.90 Å². The van der Waals surface area contributed by atoms with Crippen LogP contribution in [0, 0.1) is 0 Å². The highest BCUT2D eigenvalue weighted by atomic mass is 19.3. The maximum atomic E-state index is 12.4. The Morgan fingerprint density at radius 1 is 1.43 bits per heavy atom. The molecular weight excluding hydrogens is 192 g/mol. The molecule has 0 aliphatic carbocycles. The van der Waals surface area contributed by atoms with Crippen LogP contribution in [-0.2, 0) is 4.74 Å². The Morgan fingerprint density at radius 3 is 2.29 bits per heavy atom. The van der Waals surface area contributed by atoms with Crippen LogP contribution in [-0.4, -0.2) is 47.5 Å². The molecule has 1 aliphatic rings. The Bertz CT molecular complexity index is 195. The third kappa shape index (κ3) is 3.48. The van der Waals surface area contributed by atoms with E-state index in [1.54, 1.807) is 0 Å². The molecule has 14 heavy (non-hydrogen) atoms. The van der Waals surface area contributed by atoms with E-state index >= 15 is 0 Å². The molecule has 1 aliphatic heterocycles. The lowest BCUT2D eigenvalue weighted by Gasteiger charge is -2.41. The fraction of sp³-hybridized carbons (Fsp3) is 1.00. The lowest BCUT2D eigenvalue weighted by molar-refractivity contribution is -0.203. The lowest BCUT2D eigenvalue weighted by atomic mass is 10.1. The number of nitrogens with zero attached hydrogens (tertiary/aromatic N) is 1. The molecule has 1 heterocycles. The van der Waals surface area contributed by atoms with Gasteiger partial charge in [-0.1, -0.05) is 0 Å². The number of ether oxygens (including phenoxy) is 1. The van der Waals surface area contributed by atoms with Gasteiger partial charge in [-0.25, -0.2) is 8.78 Å². The molecule has 3 nitrogen and oxygen atoms in total. The SMILES string of the molecule is CC(C)(C)OCC(O)N1CC(F)(F)C1. The molecule has 1 N–H and O–H groups in total. The summed E-state index contributed by atoms with van der Waals surface area (Å²) in [5.41, 5.74) is -0.353. The first-order valence-corrected chi connectivity index (χ1v) is 4.63. The van der Waals surface area contributed by atoms with Gasteiger partial charge in [-0.3, -0.25) is 4.90 Å². The van der Waals surface area contributed by atoms with Crippen molar-refractivity contribution < 1.29 is 18.6 Å². The van der Waals surface area contributed by atoms with Crippen LogP contribution in [0.15, 0.2) is 0 Å². The Morgan fingerprint density at radius 2 is 1.93 bits per heavy atom. The first-order chi connectivity index (χ1) is 6.20. The van der Waals surface area contributed by atoms with Crippen molar-refractivity contribution in [3.8, 4) is 0 Å². The predicted molar refractivity (Wildman–Crippen MR) is 48.2 cm³/mol. The molecule has 0 amide bonds. The predicted octanol–water partition coefficient (Wildman–Crippen LogP) is 1.07. The van der Waals surface area contributed by atoms with Crippen molar-refractivity contribution in [1.82, 2.24) is 4.90 Å². The number of halogens is 2. The number of rotatable bonds is 3. The number of hydrogen-bond acceptors (Lipinski definition) is 3. The average Bonchev–Trinajstić information content (AvgIpc) is 1.94. The summed E-state index contributed by atoms with van der Waals surface area (Å²) in [6.45, 7) is 4.88. The van der Waals surface area contributed by atoms with Gasteiger partial charge in [-0.2, -0.15) is 0 Å². The number of hydrogen-bond donors (Lipinski definition) is 1. The smallest absolute Gasteiger partial charge is 0.273 e. The van der Waals surface area contributed by atoms with E-state index in [-0.39, 0.29) is 25.3 Å². The molecule has 0 aromatic carbocycles. The Hall–Kier alpha value is -0.260. The topological polar surface area (TPSA) is 32.7 Å². The summed E-state index contributed by atoms with van der Waals surface area (Å²) in [5, 5.41) is 9.43. The van der Waals surface area contributed by atoms with Gasteiger partial charge in [0, 0.05) is 0 Å². The van der Waals surface area contributed by atoms with Crippen molar-refractivity contribution in [2.45, 2.75) is 38.5 Å². The zero-order valence-electron chi connectivity index (χ0n) is 8.76. The van der Waals surface area contributed by atoms with E-state index in [4.69, 9.17) is 4.74 Å². The molecule has 0 saturated carbocycles. The molecular formula is C9H17F2NO2. The summed E-state index contributed by atoms with van der Waals surface area (Å²) in [6, 6.07) is 0. The molecule has 1 rings (SSSR count). The second-order valence-corrected chi connectivity index (χ2v) is 4.66. The van der Waals surface area contributed by atoms with Gasteiger partial charge < -0.3 is 9.84 Å². The first-order valence-electron chi connectivity index (χ1n) is 4.63. The van der Waals surface area contributed by atoms with Crippen LogP contribution in [0.3, 0.4) is 0 Å². The van der Waals surface area contributed by atoms with Gasteiger partial charge in [-0.15, -0.1) is 0 Å². The zero-order valence-corrected chi connectivity index (χ0v) is 8.76. The van der Waals surface area contributed by atoms with Gasteiger partial charge in [0.25, 0.3) is 5.92 Å². The van der Waals surface area contributed by atoms with Crippen LogP contribution < -0.4 is 0 Å². The normalized spacial score (nSPS) is 24.4. The monoisotopic (exact) mass is 209 g/mol. The minimum Gasteiger partial charge on any atom is -0.376 e. The third-order valence-corrected chi connectivity index (χ3v) is 1.96. The Balaban J connectivity index is 2.21. The molecule has 0 radical (unpaired) electrons. The summed E-state index contributed by atoms with van der Waals surface area (Å²) >= 11 is 0. The van der Waals surface area contributed by atoms with Crippen LogP contribution in [0.4, 0.5) is 8.78 Å². The fourth-order valence-electron chi connectivity index (χ4n) is 1.19. The van der Waals surface area contributed by atoms with Gasteiger partial charge in [0.2, 0.25) is 0 Å². The largest absolute Gasteiger partial charge is 0.376 e. The Labute approximate surface area is 82.7 Å². The van der Waals surface area contributed by atoms with Crippen molar-refractivity contribution in [3.63, 3.8) is 0 Å². The second kappa shape index (κ2) is 3.72. The maximum Gasteiger partial charge on any atom is 0.273 e. The van der Waals surface area contributed by atoms with Crippen molar-refractivity contribution >= 4 is 0 Å². The summed E-state index contributed by atoms with van der Waals surface area (Å²) in [7, 11) is 0. The van der Waals surface area contributed by atoms with E-state index in [9.17, 15) is 13.9 Å². The van der Waals surface area contributed by atoms with Crippen LogP contribution in [0.1, 0.15) is 20.8 Å². The molecule has 1 saturated heterocycles. The third-order valence-electron chi connectivity index (χ3n) is 1.96. The van der Waals surface area contributed by atoms with Crippen molar-refractivity contribution in [3.05, 3.63) is 0 Å². The number of aliphatic hydroxyl groups is 1. The molecule has 5 heteroatoms. The van der Waals surface area contributed by atoms with Gasteiger partial charge in [0.05, 0.1) is 25.3 Å². The molecule has 0 bridgehead atoms. The molecule has 0 aromatic rings. The summed E-state index contributed by atoms with van der Waals surface area (Å²) in [4.78, 5) is 1.30. The molecule has 84 valence electrons. The number of alkyl halides is 2. The summed E-state index contributed by atoms with van der Waals surface area (Å²) < 4.78 is 30.1. The lowest BCUT2D eigenvalue weighted by Crippen LogP contribution is -2.61. The number of aliphatic hydroxyl groups excluding tert-OH is 1. The first kappa shape index (κ1) is 11.8. The highest BCUT2D eigenvalue weighted by Gasteiger charge is 2.46. The van der Waals surface area contributed by atoms with Crippen LogP contribution >= 0.6 is 0 Å². The molecule has 1 atom stereocenters. The van der Waals surface area contributed by atoms with Crippen molar-refractivity contribution in [2.24, 2.45) is 0 Å². The van der Waals surface area contributed by atoms with Gasteiger partial charge in [0.15, 0.2) is 0 Å². The quantitative estimate of drug-likeness (QED) is 0.754. The van der Waals surface area contributed by atoms with E-state index < -0.39 is 12.2 Å². The highest BCUT2D eigenvalue weighted by molar-refractivity contribution is 4.88. The van der Waals surface area contributed by atoms with Gasteiger partial charge in [0.1, 0.15) is 6.23 Å². The van der Waals surface area contributed by atoms with Gasteiger partial charge in [-0.05, 0) is 20.8 Å². The molecule has 0 spiro atoms. The summed E-state index contributed by atoms with van der Waals surface area (Å²) in [6.07, 6.45) is -0.922. The van der Waals surface area contributed by atoms with E-state index in [0.717, 1.165) is 0 Å². The maximum absolute atomic E-state index is 12.4. The van der Waals surface area contributed by atoms with Crippen LogP contribution in [0.5, 0.6) is 0 Å². The fourth-order valence-corrected chi connectivity index (χ4v) is 1.19. The van der Waals surface area contributed by atoms with Crippen molar-refractivity contribution in [2.75, 3.05) is 19.7 Å². The van der Waals surface area contributed by atoms with Gasteiger partial charge >= 0.3 is 0 Å². The molecule has 0 aromatic heterocycles. The minimum atomic E-state index is -2.64. The molecule has 1 fully saturated rings. The summed E-state index contributed by atoms with van der Waals surface area (Å²) in [5.74, 6) is -2.64. The van der Waals surface area contributed by atoms with Crippen LogP contribution in [0.25, 0.3) is 0 Å². The van der Waals surface area contributed by atoms with E-state index in [0.29, 0.717) is 0 Å². The van der Waals surface area contributed by atoms with E-state index in [1.807, 2.05) is 20.8 Å². The zero-order chi connectivity index (χ0) is 11.0. The van der Waals surface area contributed by atoms with E-state index in [2.05, 4.69) is 0 Å². The minimum absolute atomic E-state index is 0.0690. The molecule has 1 unspecified atom stereocenters.